The van der Waals surface area contributed by atoms with E-state index in [1.807, 2.05) is 11.8 Å². The van der Waals surface area contributed by atoms with E-state index in [0.29, 0.717) is 12.5 Å². The minimum atomic E-state index is 0.193. The minimum Gasteiger partial charge on any atom is -0.353 e. The van der Waals surface area contributed by atoms with Gasteiger partial charge in [-0.25, -0.2) is 0 Å². The van der Waals surface area contributed by atoms with Crippen LogP contribution in [0.1, 0.15) is 12.8 Å². The molecule has 1 N–H and O–H groups in total. The van der Waals surface area contributed by atoms with E-state index in [1.165, 1.54) is 15.7 Å². The Bertz CT molecular complexity index is 576. The van der Waals surface area contributed by atoms with Crippen LogP contribution in [-0.4, -0.2) is 17.7 Å². The Labute approximate surface area is 111 Å². The van der Waals surface area contributed by atoms with Crippen molar-refractivity contribution in [3.05, 3.63) is 42.5 Å². The van der Waals surface area contributed by atoms with Crippen molar-refractivity contribution in [3.8, 4) is 0 Å². The molecule has 2 aromatic carbocycles. The normalized spacial score (nSPS) is 19.1. The topological polar surface area (TPSA) is 29.1 Å². The molecule has 0 bridgehead atoms. The van der Waals surface area contributed by atoms with Gasteiger partial charge in [0.05, 0.1) is 0 Å². The maximum Gasteiger partial charge on any atom is 0.220 e. The molecule has 0 aromatic heterocycles. The second kappa shape index (κ2) is 5.02. The number of rotatable bonds is 3. The third-order valence-corrected chi connectivity index (χ3v) is 4.51. The molecule has 1 aliphatic heterocycles. The predicted octanol–water partition coefficient (Wildman–Crippen LogP) is 3.21. The van der Waals surface area contributed by atoms with Crippen LogP contribution in [-0.2, 0) is 4.79 Å². The largest absolute Gasteiger partial charge is 0.353 e. The molecule has 3 rings (SSSR count). The Kier molecular flexibility index (Phi) is 3.24. The van der Waals surface area contributed by atoms with Crippen molar-refractivity contribution in [2.45, 2.75) is 23.8 Å². The maximum atomic E-state index is 11.2. The summed E-state index contributed by atoms with van der Waals surface area (Å²) in [4.78, 5) is 12.5. The lowest BCUT2D eigenvalue weighted by atomic mass is 10.1. The van der Waals surface area contributed by atoms with E-state index in [1.54, 1.807) is 0 Å². The van der Waals surface area contributed by atoms with Gasteiger partial charge in [0.1, 0.15) is 0 Å². The Hall–Kier alpha value is -1.48. The fraction of sp³-hybridized carbons (Fsp3) is 0.267. The van der Waals surface area contributed by atoms with Crippen molar-refractivity contribution >= 4 is 28.4 Å². The van der Waals surface area contributed by atoms with E-state index in [-0.39, 0.29) is 5.91 Å². The van der Waals surface area contributed by atoms with Gasteiger partial charge in [0, 0.05) is 23.1 Å². The molecule has 2 nitrogen and oxygen atoms in total. The molecule has 1 heterocycles. The van der Waals surface area contributed by atoms with Gasteiger partial charge in [-0.3, -0.25) is 4.79 Å². The van der Waals surface area contributed by atoms with E-state index in [9.17, 15) is 4.79 Å². The zero-order valence-electron chi connectivity index (χ0n) is 10.1. The fourth-order valence-electron chi connectivity index (χ4n) is 2.31. The van der Waals surface area contributed by atoms with E-state index in [0.717, 1.165) is 12.2 Å². The quantitative estimate of drug-likeness (QED) is 0.855. The van der Waals surface area contributed by atoms with Crippen LogP contribution in [0.4, 0.5) is 0 Å². The highest BCUT2D eigenvalue weighted by Gasteiger charge is 2.20. The van der Waals surface area contributed by atoms with Crippen LogP contribution in [0.3, 0.4) is 0 Å². The van der Waals surface area contributed by atoms with Crippen LogP contribution in [0, 0.1) is 0 Å². The Morgan fingerprint density at radius 2 is 2.00 bits per heavy atom. The molecule has 0 spiro atoms. The summed E-state index contributed by atoms with van der Waals surface area (Å²) in [5.74, 6) is 1.15. The lowest BCUT2D eigenvalue weighted by molar-refractivity contribution is -0.119. The van der Waals surface area contributed by atoms with Crippen LogP contribution in [0.15, 0.2) is 47.4 Å². The Morgan fingerprint density at radius 3 is 2.83 bits per heavy atom. The SMILES string of the molecule is O=C1CC[C@@H](CSc2cccc3ccccc23)N1. The van der Waals surface area contributed by atoms with Crippen molar-refractivity contribution in [1.29, 1.82) is 0 Å². The van der Waals surface area contributed by atoms with Crippen LogP contribution in [0.25, 0.3) is 10.8 Å². The molecule has 3 heteroatoms. The van der Waals surface area contributed by atoms with Crippen LogP contribution >= 0.6 is 11.8 Å². The van der Waals surface area contributed by atoms with Crippen molar-refractivity contribution in [3.63, 3.8) is 0 Å². The highest BCUT2D eigenvalue weighted by atomic mass is 32.2. The van der Waals surface area contributed by atoms with Gasteiger partial charge < -0.3 is 5.32 Å². The average molecular weight is 257 g/mol. The van der Waals surface area contributed by atoms with Crippen LogP contribution in [0.5, 0.6) is 0 Å². The zero-order chi connectivity index (χ0) is 12.4. The molecular formula is C15H15NOS. The number of carbonyl (C=O) groups excluding carboxylic acids is 1. The van der Waals surface area contributed by atoms with Gasteiger partial charge in [-0.05, 0) is 23.3 Å². The van der Waals surface area contributed by atoms with Gasteiger partial charge in [-0.2, -0.15) is 0 Å². The second-order valence-corrected chi connectivity index (χ2v) is 5.65. The van der Waals surface area contributed by atoms with Crippen molar-refractivity contribution < 1.29 is 4.79 Å². The number of hydrogen-bond donors (Lipinski definition) is 1. The Balaban J connectivity index is 1.76. The van der Waals surface area contributed by atoms with Crippen molar-refractivity contribution in [2.75, 3.05) is 5.75 Å². The summed E-state index contributed by atoms with van der Waals surface area (Å²) in [6, 6.07) is 15.2. The molecule has 1 atom stereocenters. The highest BCUT2D eigenvalue weighted by Crippen LogP contribution is 2.29. The molecule has 0 aliphatic carbocycles. The molecule has 92 valence electrons. The van der Waals surface area contributed by atoms with Crippen LogP contribution in [0.2, 0.25) is 0 Å². The number of nitrogens with one attached hydrogen (secondary N) is 1. The molecule has 0 unspecified atom stereocenters. The average Bonchev–Trinajstić information content (AvgIpc) is 2.82. The van der Waals surface area contributed by atoms with Gasteiger partial charge >= 0.3 is 0 Å². The molecule has 1 amide bonds. The smallest absolute Gasteiger partial charge is 0.220 e. The molecule has 18 heavy (non-hydrogen) atoms. The van der Waals surface area contributed by atoms with E-state index in [2.05, 4.69) is 47.8 Å². The van der Waals surface area contributed by atoms with Gasteiger partial charge in [-0.15, -0.1) is 11.8 Å². The number of amides is 1. The van der Waals surface area contributed by atoms with E-state index < -0.39 is 0 Å². The summed E-state index contributed by atoms with van der Waals surface area (Å²) in [6.45, 7) is 0. The van der Waals surface area contributed by atoms with Crippen LogP contribution < -0.4 is 5.32 Å². The highest BCUT2D eigenvalue weighted by molar-refractivity contribution is 7.99. The first kappa shape index (κ1) is 11.6. The summed E-state index contributed by atoms with van der Waals surface area (Å²) in [7, 11) is 0. The molecule has 1 fully saturated rings. The first-order valence-corrected chi connectivity index (χ1v) is 7.21. The molecule has 0 radical (unpaired) electrons. The van der Waals surface area contributed by atoms with Gasteiger partial charge in [0.15, 0.2) is 0 Å². The van der Waals surface area contributed by atoms with Gasteiger partial charge in [-0.1, -0.05) is 36.4 Å². The van der Waals surface area contributed by atoms with E-state index >= 15 is 0 Å². The first-order valence-electron chi connectivity index (χ1n) is 6.23. The summed E-state index contributed by atoms with van der Waals surface area (Å²) in [5.41, 5.74) is 0. The van der Waals surface area contributed by atoms with Gasteiger partial charge in [0.25, 0.3) is 0 Å². The predicted molar refractivity (Wildman–Crippen MR) is 75.8 cm³/mol. The number of thioether (sulfide) groups is 1. The minimum absolute atomic E-state index is 0.193. The number of fused-ring (bicyclic) bond motifs is 1. The second-order valence-electron chi connectivity index (χ2n) is 4.59. The maximum absolute atomic E-state index is 11.2. The number of carbonyl (C=O) groups is 1. The lowest BCUT2D eigenvalue weighted by Crippen LogP contribution is -2.27. The first-order chi connectivity index (χ1) is 8.83. The summed E-state index contributed by atoms with van der Waals surface area (Å²) < 4.78 is 0. The summed E-state index contributed by atoms with van der Waals surface area (Å²) >= 11 is 1.83. The third-order valence-electron chi connectivity index (χ3n) is 3.27. The molecule has 2 aromatic rings. The molecule has 0 saturated carbocycles. The third kappa shape index (κ3) is 2.36. The zero-order valence-corrected chi connectivity index (χ0v) is 10.9. The van der Waals surface area contributed by atoms with E-state index in [4.69, 9.17) is 0 Å². The molecule has 1 saturated heterocycles. The lowest BCUT2D eigenvalue weighted by Gasteiger charge is -2.10. The fourth-order valence-corrected chi connectivity index (χ4v) is 3.46. The van der Waals surface area contributed by atoms with Crippen molar-refractivity contribution in [1.82, 2.24) is 5.32 Å². The molecule has 1 aliphatic rings. The molecular weight excluding hydrogens is 242 g/mol. The Morgan fingerprint density at radius 1 is 1.17 bits per heavy atom. The number of hydrogen-bond acceptors (Lipinski definition) is 2. The standard InChI is InChI=1S/C15H15NOS/c17-15-9-8-12(16-15)10-18-14-7-3-5-11-4-1-2-6-13(11)14/h1-7,12H,8-10H2,(H,16,17)/t12-/m0/s1. The monoisotopic (exact) mass is 257 g/mol. The summed E-state index contributed by atoms with van der Waals surface area (Å²) in [5, 5.41) is 5.59. The van der Waals surface area contributed by atoms with Gasteiger partial charge in [0.2, 0.25) is 5.91 Å². The summed E-state index contributed by atoms with van der Waals surface area (Å²) in [6.07, 6.45) is 1.65. The van der Waals surface area contributed by atoms with Crippen molar-refractivity contribution in [2.24, 2.45) is 0 Å². The number of benzene rings is 2.